The molecule has 1 rings (SSSR count). The molecule has 0 saturated heterocycles. The second-order valence-corrected chi connectivity index (χ2v) is 5.50. The Morgan fingerprint density at radius 2 is 2.00 bits per heavy atom. The van der Waals surface area contributed by atoms with E-state index in [2.05, 4.69) is 33.0 Å². The highest BCUT2D eigenvalue weighted by Gasteiger charge is 2.23. The van der Waals surface area contributed by atoms with Crippen LogP contribution < -0.4 is 5.32 Å². The lowest BCUT2D eigenvalue weighted by molar-refractivity contribution is -0.00158. The molecule has 0 aromatic carbocycles. The van der Waals surface area contributed by atoms with Crippen molar-refractivity contribution in [3.8, 4) is 0 Å². The molecule has 0 aromatic heterocycles. The normalized spacial score (nSPS) is 19.7. The van der Waals surface area contributed by atoms with Crippen LogP contribution in [0.25, 0.3) is 0 Å². The van der Waals surface area contributed by atoms with E-state index < -0.39 is 0 Å². The number of hydrogen-bond acceptors (Lipinski definition) is 2. The highest BCUT2D eigenvalue weighted by molar-refractivity contribution is 4.77. The maximum absolute atomic E-state index is 5.64. The molecule has 0 aliphatic heterocycles. The van der Waals surface area contributed by atoms with E-state index in [0.29, 0.717) is 6.04 Å². The smallest absolute Gasteiger partial charge is 0.0599 e. The van der Waals surface area contributed by atoms with E-state index in [-0.39, 0.29) is 5.60 Å². The highest BCUT2D eigenvalue weighted by atomic mass is 16.5. The third-order valence-electron chi connectivity index (χ3n) is 2.51. The minimum atomic E-state index is 0.00140. The Bertz CT molecular complexity index is 158. The molecule has 2 nitrogen and oxygen atoms in total. The van der Waals surface area contributed by atoms with Gasteiger partial charge in [-0.2, -0.15) is 0 Å². The first-order valence-electron chi connectivity index (χ1n) is 5.85. The van der Waals surface area contributed by atoms with Gasteiger partial charge in [-0.05, 0) is 40.0 Å². The molecule has 1 unspecified atom stereocenters. The number of ether oxygens (including phenoxy) is 1. The fourth-order valence-corrected chi connectivity index (χ4v) is 1.60. The van der Waals surface area contributed by atoms with E-state index in [1.54, 1.807) is 0 Å². The predicted molar refractivity (Wildman–Crippen MR) is 60.5 cm³/mol. The molecule has 1 aliphatic rings. The Labute approximate surface area is 88.4 Å². The van der Waals surface area contributed by atoms with E-state index in [1.165, 1.54) is 19.3 Å². The van der Waals surface area contributed by atoms with Gasteiger partial charge >= 0.3 is 0 Å². The fourth-order valence-electron chi connectivity index (χ4n) is 1.60. The molecule has 1 aliphatic carbocycles. The number of hydrogen-bond donors (Lipinski definition) is 1. The quantitative estimate of drug-likeness (QED) is 0.664. The Balaban J connectivity index is 1.91. The van der Waals surface area contributed by atoms with Gasteiger partial charge in [0.1, 0.15) is 0 Å². The van der Waals surface area contributed by atoms with Crippen LogP contribution in [0.5, 0.6) is 0 Å². The molecule has 0 amide bonds. The van der Waals surface area contributed by atoms with Crippen molar-refractivity contribution in [2.24, 2.45) is 5.92 Å². The summed E-state index contributed by atoms with van der Waals surface area (Å²) < 4.78 is 5.64. The number of rotatable bonds is 6. The van der Waals surface area contributed by atoms with E-state index in [0.717, 1.165) is 19.1 Å². The maximum Gasteiger partial charge on any atom is 0.0599 e. The average Bonchev–Trinajstić information content (AvgIpc) is 2.80. The molecule has 1 atom stereocenters. The van der Waals surface area contributed by atoms with Crippen molar-refractivity contribution in [2.45, 2.75) is 58.6 Å². The summed E-state index contributed by atoms with van der Waals surface area (Å²) in [6.45, 7) is 10.4. The third kappa shape index (κ3) is 6.39. The molecule has 0 spiro atoms. The van der Waals surface area contributed by atoms with Gasteiger partial charge in [-0.25, -0.2) is 0 Å². The van der Waals surface area contributed by atoms with Crippen molar-refractivity contribution in [3.05, 3.63) is 0 Å². The second-order valence-electron chi connectivity index (χ2n) is 5.50. The Morgan fingerprint density at radius 3 is 2.50 bits per heavy atom. The second kappa shape index (κ2) is 5.13. The molecule has 1 fully saturated rings. The van der Waals surface area contributed by atoms with E-state index >= 15 is 0 Å². The van der Waals surface area contributed by atoms with Gasteiger partial charge in [0, 0.05) is 12.6 Å². The third-order valence-corrected chi connectivity index (χ3v) is 2.51. The Morgan fingerprint density at radius 1 is 1.36 bits per heavy atom. The molecule has 1 N–H and O–H groups in total. The maximum atomic E-state index is 5.64. The van der Waals surface area contributed by atoms with Crippen LogP contribution in [0.1, 0.15) is 47.0 Å². The molecule has 0 aromatic rings. The summed E-state index contributed by atoms with van der Waals surface area (Å²) in [4.78, 5) is 0. The van der Waals surface area contributed by atoms with Crippen LogP contribution in [0.15, 0.2) is 0 Å². The molecule has 2 heteroatoms. The summed E-state index contributed by atoms with van der Waals surface area (Å²) in [5.41, 5.74) is 0.00140. The minimum absolute atomic E-state index is 0.00140. The van der Waals surface area contributed by atoms with Crippen molar-refractivity contribution in [3.63, 3.8) is 0 Å². The Kier molecular flexibility index (Phi) is 4.39. The fraction of sp³-hybridized carbons (Fsp3) is 1.00. The summed E-state index contributed by atoms with van der Waals surface area (Å²) in [5, 5.41) is 3.50. The first-order valence-corrected chi connectivity index (χ1v) is 5.85. The zero-order valence-electron chi connectivity index (χ0n) is 10.1. The standard InChI is InChI=1S/C12H25NO/c1-10(9-11-5-6-11)13-7-8-14-12(2,3)4/h10-11,13H,5-9H2,1-4H3. The predicted octanol–water partition coefficient (Wildman–Crippen LogP) is 2.58. The van der Waals surface area contributed by atoms with Crippen molar-refractivity contribution < 1.29 is 4.74 Å². The summed E-state index contributed by atoms with van der Waals surface area (Å²) in [5.74, 6) is 1.01. The van der Waals surface area contributed by atoms with E-state index in [1.807, 2.05) is 0 Å². The highest BCUT2D eigenvalue weighted by Crippen LogP contribution is 2.33. The van der Waals surface area contributed by atoms with Crippen LogP contribution in [-0.2, 0) is 4.74 Å². The van der Waals surface area contributed by atoms with Gasteiger partial charge in [-0.3, -0.25) is 0 Å². The molecule has 0 bridgehead atoms. The van der Waals surface area contributed by atoms with Gasteiger partial charge in [0.25, 0.3) is 0 Å². The topological polar surface area (TPSA) is 21.3 Å². The van der Waals surface area contributed by atoms with Gasteiger partial charge < -0.3 is 10.1 Å². The average molecular weight is 199 g/mol. The van der Waals surface area contributed by atoms with Crippen molar-refractivity contribution >= 4 is 0 Å². The van der Waals surface area contributed by atoms with Crippen LogP contribution >= 0.6 is 0 Å². The zero-order chi connectivity index (χ0) is 10.6. The molecule has 14 heavy (non-hydrogen) atoms. The lowest BCUT2D eigenvalue weighted by Gasteiger charge is -2.20. The summed E-state index contributed by atoms with van der Waals surface area (Å²) in [7, 11) is 0. The summed E-state index contributed by atoms with van der Waals surface area (Å²) >= 11 is 0. The largest absolute Gasteiger partial charge is 0.375 e. The molecule has 0 heterocycles. The van der Waals surface area contributed by atoms with Crippen LogP contribution in [0.4, 0.5) is 0 Å². The number of nitrogens with one attached hydrogen (secondary N) is 1. The summed E-state index contributed by atoms with van der Waals surface area (Å²) in [6, 6.07) is 0.658. The van der Waals surface area contributed by atoms with Gasteiger partial charge in [0.2, 0.25) is 0 Å². The molecule has 1 saturated carbocycles. The van der Waals surface area contributed by atoms with E-state index in [9.17, 15) is 0 Å². The van der Waals surface area contributed by atoms with Crippen LogP contribution in [0.3, 0.4) is 0 Å². The van der Waals surface area contributed by atoms with Crippen LogP contribution in [0.2, 0.25) is 0 Å². The SMILES string of the molecule is CC(CC1CC1)NCCOC(C)(C)C. The lowest BCUT2D eigenvalue weighted by atomic mass is 10.1. The van der Waals surface area contributed by atoms with Gasteiger partial charge in [-0.15, -0.1) is 0 Å². The van der Waals surface area contributed by atoms with Gasteiger partial charge in [-0.1, -0.05) is 12.8 Å². The monoisotopic (exact) mass is 199 g/mol. The molecular weight excluding hydrogens is 174 g/mol. The first kappa shape index (κ1) is 12.0. The van der Waals surface area contributed by atoms with Crippen molar-refractivity contribution in [2.75, 3.05) is 13.2 Å². The first-order chi connectivity index (χ1) is 6.47. The molecular formula is C12H25NO. The van der Waals surface area contributed by atoms with Gasteiger partial charge in [0.05, 0.1) is 12.2 Å². The van der Waals surface area contributed by atoms with Crippen LogP contribution in [-0.4, -0.2) is 24.8 Å². The lowest BCUT2D eigenvalue weighted by Crippen LogP contribution is -2.32. The zero-order valence-corrected chi connectivity index (χ0v) is 10.1. The Hall–Kier alpha value is -0.0800. The molecule has 0 radical (unpaired) electrons. The molecule has 84 valence electrons. The van der Waals surface area contributed by atoms with Crippen molar-refractivity contribution in [1.29, 1.82) is 0 Å². The minimum Gasteiger partial charge on any atom is -0.375 e. The van der Waals surface area contributed by atoms with Crippen molar-refractivity contribution in [1.82, 2.24) is 5.32 Å². The van der Waals surface area contributed by atoms with Gasteiger partial charge in [0.15, 0.2) is 0 Å². The van der Waals surface area contributed by atoms with E-state index in [4.69, 9.17) is 4.74 Å². The van der Waals surface area contributed by atoms with Crippen LogP contribution in [0, 0.1) is 5.92 Å². The summed E-state index contributed by atoms with van der Waals surface area (Å²) in [6.07, 6.45) is 4.24.